The standard InChI is InChI=1S/C15H18BrClN2O/c16-11-5-6-13(12(17)7-11)18-8-14(20)19-15(9-1-2-9)10-3-4-10/h5-7,9-10,15,18H,1-4,8H2,(H,19,20). The van der Waals surface area contributed by atoms with E-state index >= 15 is 0 Å². The van der Waals surface area contributed by atoms with Crippen molar-refractivity contribution in [2.75, 3.05) is 11.9 Å². The van der Waals surface area contributed by atoms with Crippen LogP contribution in [0.5, 0.6) is 0 Å². The van der Waals surface area contributed by atoms with Crippen molar-refractivity contribution < 1.29 is 4.79 Å². The van der Waals surface area contributed by atoms with Crippen LogP contribution < -0.4 is 10.6 Å². The summed E-state index contributed by atoms with van der Waals surface area (Å²) in [4.78, 5) is 12.0. The van der Waals surface area contributed by atoms with Gasteiger partial charge in [0, 0.05) is 10.5 Å². The lowest BCUT2D eigenvalue weighted by atomic mass is 10.1. The minimum Gasteiger partial charge on any atom is -0.375 e. The van der Waals surface area contributed by atoms with Gasteiger partial charge in [-0.1, -0.05) is 27.5 Å². The average molecular weight is 358 g/mol. The van der Waals surface area contributed by atoms with Crippen molar-refractivity contribution in [3.8, 4) is 0 Å². The highest BCUT2D eigenvalue weighted by Crippen LogP contribution is 2.44. The first-order valence-corrected chi connectivity index (χ1v) is 8.29. The summed E-state index contributed by atoms with van der Waals surface area (Å²) in [6, 6.07) is 6.01. The number of halogens is 2. The Hall–Kier alpha value is -0.740. The zero-order valence-electron chi connectivity index (χ0n) is 11.2. The number of nitrogens with one attached hydrogen (secondary N) is 2. The number of amides is 1. The van der Waals surface area contributed by atoms with Gasteiger partial charge in [-0.25, -0.2) is 0 Å². The second-order valence-corrected chi connectivity index (χ2v) is 7.07. The van der Waals surface area contributed by atoms with Gasteiger partial charge in [0.25, 0.3) is 0 Å². The van der Waals surface area contributed by atoms with Gasteiger partial charge in [-0.05, 0) is 55.7 Å². The van der Waals surface area contributed by atoms with E-state index in [0.29, 0.717) is 11.1 Å². The molecular formula is C15H18BrClN2O. The Balaban J connectivity index is 1.51. The van der Waals surface area contributed by atoms with Crippen LogP contribution in [0.15, 0.2) is 22.7 Å². The zero-order chi connectivity index (χ0) is 14.1. The number of carbonyl (C=O) groups excluding carboxylic acids is 1. The molecule has 3 nitrogen and oxygen atoms in total. The van der Waals surface area contributed by atoms with E-state index in [1.54, 1.807) is 0 Å². The molecule has 0 radical (unpaired) electrons. The molecule has 0 bridgehead atoms. The quantitative estimate of drug-likeness (QED) is 0.812. The Morgan fingerprint density at radius 1 is 1.30 bits per heavy atom. The van der Waals surface area contributed by atoms with Gasteiger partial charge in [-0.15, -0.1) is 0 Å². The Kier molecular flexibility index (Phi) is 4.22. The molecular weight excluding hydrogens is 340 g/mol. The van der Waals surface area contributed by atoms with Gasteiger partial charge in [-0.2, -0.15) is 0 Å². The van der Waals surface area contributed by atoms with Crippen LogP contribution in [0.4, 0.5) is 5.69 Å². The monoisotopic (exact) mass is 356 g/mol. The van der Waals surface area contributed by atoms with E-state index in [1.165, 1.54) is 25.7 Å². The number of hydrogen-bond acceptors (Lipinski definition) is 2. The summed E-state index contributed by atoms with van der Waals surface area (Å²) in [5, 5.41) is 6.91. The Labute approximate surface area is 132 Å². The van der Waals surface area contributed by atoms with Crippen LogP contribution in [0.25, 0.3) is 0 Å². The lowest BCUT2D eigenvalue weighted by molar-refractivity contribution is -0.120. The maximum Gasteiger partial charge on any atom is 0.239 e. The van der Waals surface area contributed by atoms with E-state index in [4.69, 9.17) is 11.6 Å². The van der Waals surface area contributed by atoms with Gasteiger partial charge in [0.05, 0.1) is 17.3 Å². The molecule has 0 aromatic heterocycles. The van der Waals surface area contributed by atoms with E-state index in [1.807, 2.05) is 18.2 Å². The summed E-state index contributed by atoms with van der Waals surface area (Å²) in [6.45, 7) is 0.275. The van der Waals surface area contributed by atoms with E-state index in [9.17, 15) is 4.79 Å². The van der Waals surface area contributed by atoms with Crippen LogP contribution >= 0.6 is 27.5 Å². The molecule has 108 valence electrons. The molecule has 0 aliphatic heterocycles. The van der Waals surface area contributed by atoms with Crippen molar-refractivity contribution in [2.24, 2.45) is 11.8 Å². The van der Waals surface area contributed by atoms with Crippen molar-refractivity contribution in [1.82, 2.24) is 5.32 Å². The lowest BCUT2D eigenvalue weighted by Gasteiger charge is -2.18. The van der Waals surface area contributed by atoms with Gasteiger partial charge in [0.15, 0.2) is 0 Å². The van der Waals surface area contributed by atoms with Crippen molar-refractivity contribution in [1.29, 1.82) is 0 Å². The van der Waals surface area contributed by atoms with Crippen molar-refractivity contribution in [3.05, 3.63) is 27.7 Å². The second kappa shape index (κ2) is 5.94. The second-order valence-electron chi connectivity index (χ2n) is 5.75. The van der Waals surface area contributed by atoms with Crippen molar-refractivity contribution >= 4 is 39.1 Å². The average Bonchev–Trinajstić information content (AvgIpc) is 3.28. The van der Waals surface area contributed by atoms with E-state index in [2.05, 4.69) is 26.6 Å². The number of carbonyl (C=O) groups is 1. The molecule has 2 aliphatic carbocycles. The highest BCUT2D eigenvalue weighted by atomic mass is 79.9. The van der Waals surface area contributed by atoms with Gasteiger partial charge < -0.3 is 10.6 Å². The number of rotatable bonds is 6. The molecule has 0 atom stereocenters. The fraction of sp³-hybridized carbons (Fsp3) is 0.533. The maximum absolute atomic E-state index is 12.0. The predicted octanol–water partition coefficient (Wildman–Crippen LogP) is 3.82. The fourth-order valence-corrected chi connectivity index (χ4v) is 3.32. The van der Waals surface area contributed by atoms with Crippen molar-refractivity contribution in [3.63, 3.8) is 0 Å². The van der Waals surface area contributed by atoms with Crippen LogP contribution in [0.2, 0.25) is 5.02 Å². The van der Waals surface area contributed by atoms with E-state index < -0.39 is 0 Å². The minimum absolute atomic E-state index is 0.0628. The lowest BCUT2D eigenvalue weighted by Crippen LogP contribution is -2.41. The van der Waals surface area contributed by atoms with Crippen molar-refractivity contribution in [2.45, 2.75) is 31.7 Å². The predicted molar refractivity (Wildman–Crippen MR) is 85.0 cm³/mol. The summed E-state index contributed by atoms with van der Waals surface area (Å²) in [7, 11) is 0. The van der Waals surface area contributed by atoms with Crippen LogP contribution in [-0.4, -0.2) is 18.5 Å². The minimum atomic E-state index is 0.0628. The zero-order valence-corrected chi connectivity index (χ0v) is 13.5. The molecule has 2 N–H and O–H groups in total. The normalized spacial score (nSPS) is 18.1. The molecule has 1 aromatic rings. The fourth-order valence-electron chi connectivity index (χ4n) is 2.58. The third-order valence-electron chi connectivity index (χ3n) is 3.96. The Bertz CT molecular complexity index is 503. The first-order chi connectivity index (χ1) is 9.63. The molecule has 1 aromatic carbocycles. The molecule has 0 spiro atoms. The summed E-state index contributed by atoms with van der Waals surface area (Å²) in [5.74, 6) is 1.51. The molecule has 0 saturated heterocycles. The summed E-state index contributed by atoms with van der Waals surface area (Å²) in [6.07, 6.45) is 5.08. The van der Waals surface area contributed by atoms with Gasteiger partial charge in [0.1, 0.15) is 0 Å². The summed E-state index contributed by atoms with van der Waals surface area (Å²) >= 11 is 9.48. The van der Waals surface area contributed by atoms with Gasteiger partial charge in [-0.3, -0.25) is 4.79 Å². The largest absolute Gasteiger partial charge is 0.375 e. The molecule has 2 aliphatic rings. The number of hydrogen-bond donors (Lipinski definition) is 2. The Morgan fingerprint density at radius 3 is 2.50 bits per heavy atom. The SMILES string of the molecule is O=C(CNc1ccc(Br)cc1Cl)NC(C1CC1)C1CC1. The molecule has 0 heterocycles. The van der Waals surface area contributed by atoms with Crippen LogP contribution in [-0.2, 0) is 4.79 Å². The Morgan fingerprint density at radius 2 is 1.95 bits per heavy atom. The van der Waals surface area contributed by atoms with E-state index in [0.717, 1.165) is 22.0 Å². The van der Waals surface area contributed by atoms with Gasteiger partial charge >= 0.3 is 0 Å². The number of anilines is 1. The van der Waals surface area contributed by atoms with Crippen LogP contribution in [0, 0.1) is 11.8 Å². The molecule has 1 amide bonds. The van der Waals surface area contributed by atoms with Gasteiger partial charge in [0.2, 0.25) is 5.91 Å². The van der Waals surface area contributed by atoms with Crippen LogP contribution in [0.3, 0.4) is 0 Å². The number of benzene rings is 1. The first-order valence-electron chi connectivity index (χ1n) is 7.12. The highest BCUT2D eigenvalue weighted by Gasteiger charge is 2.42. The third-order valence-corrected chi connectivity index (χ3v) is 4.76. The third kappa shape index (κ3) is 3.67. The maximum atomic E-state index is 12.0. The molecule has 5 heteroatoms. The molecule has 3 rings (SSSR count). The van der Waals surface area contributed by atoms with E-state index in [-0.39, 0.29) is 12.5 Å². The van der Waals surface area contributed by atoms with Crippen LogP contribution in [0.1, 0.15) is 25.7 Å². The summed E-state index contributed by atoms with van der Waals surface area (Å²) in [5.41, 5.74) is 0.791. The summed E-state index contributed by atoms with van der Waals surface area (Å²) < 4.78 is 0.931. The first kappa shape index (κ1) is 14.2. The molecule has 0 unspecified atom stereocenters. The smallest absolute Gasteiger partial charge is 0.239 e. The molecule has 20 heavy (non-hydrogen) atoms. The highest BCUT2D eigenvalue weighted by molar-refractivity contribution is 9.10. The molecule has 2 saturated carbocycles. The topological polar surface area (TPSA) is 41.1 Å². The molecule has 2 fully saturated rings.